The van der Waals surface area contributed by atoms with Gasteiger partial charge >= 0.3 is 0 Å². The van der Waals surface area contributed by atoms with Gasteiger partial charge in [0.05, 0.1) is 10.0 Å². The van der Waals surface area contributed by atoms with Crippen molar-refractivity contribution < 1.29 is 8.42 Å². The van der Waals surface area contributed by atoms with Gasteiger partial charge in [0.1, 0.15) is 4.90 Å². The fourth-order valence-corrected chi connectivity index (χ4v) is 6.22. The average molecular weight is 355 g/mol. The lowest BCUT2D eigenvalue weighted by molar-refractivity contribution is 0.387. The number of hydrogen-bond acceptors (Lipinski definition) is 4. The second kappa shape index (κ2) is 5.57. The number of benzene rings is 1. The Bertz CT molecular complexity index is 609. The number of halogens is 2. The minimum Gasteiger partial charge on any atom is -0.399 e. The van der Waals surface area contributed by atoms with Crippen LogP contribution in [0.3, 0.4) is 0 Å². The van der Waals surface area contributed by atoms with E-state index in [1.54, 1.807) is 11.8 Å². The van der Waals surface area contributed by atoms with Gasteiger partial charge in [0, 0.05) is 29.3 Å². The molecule has 0 aliphatic carbocycles. The van der Waals surface area contributed by atoms with Gasteiger partial charge in [-0.1, -0.05) is 23.2 Å². The van der Waals surface area contributed by atoms with Crippen molar-refractivity contribution in [2.75, 3.05) is 24.6 Å². The summed E-state index contributed by atoms with van der Waals surface area (Å²) < 4.78 is 26.8. The van der Waals surface area contributed by atoms with Gasteiger partial charge in [0.25, 0.3) is 0 Å². The summed E-state index contributed by atoms with van der Waals surface area (Å²) >= 11 is 13.8. The first-order chi connectivity index (χ1) is 9.13. The highest BCUT2D eigenvalue weighted by Gasteiger charge is 2.36. The van der Waals surface area contributed by atoms with E-state index < -0.39 is 10.0 Å². The first-order valence-electron chi connectivity index (χ1n) is 6.02. The number of rotatable bonds is 2. The van der Waals surface area contributed by atoms with E-state index in [1.807, 2.05) is 13.8 Å². The largest absolute Gasteiger partial charge is 0.399 e. The van der Waals surface area contributed by atoms with Crippen LogP contribution in [0.2, 0.25) is 10.0 Å². The summed E-state index contributed by atoms with van der Waals surface area (Å²) in [7, 11) is -3.71. The van der Waals surface area contributed by atoms with Crippen molar-refractivity contribution in [1.82, 2.24) is 4.31 Å². The van der Waals surface area contributed by atoms with Crippen LogP contribution < -0.4 is 5.73 Å². The van der Waals surface area contributed by atoms with Crippen LogP contribution in [0.25, 0.3) is 0 Å². The molecule has 1 fully saturated rings. The molecule has 0 bridgehead atoms. The molecule has 1 aromatic rings. The monoisotopic (exact) mass is 354 g/mol. The van der Waals surface area contributed by atoms with Gasteiger partial charge in [-0.15, -0.1) is 0 Å². The molecule has 8 heteroatoms. The third-order valence-corrected chi connectivity index (χ3v) is 7.07. The molecule has 0 unspecified atom stereocenters. The smallest absolute Gasteiger partial charge is 0.246 e. The molecule has 0 radical (unpaired) electrons. The zero-order chi connectivity index (χ0) is 15.1. The molecule has 1 aliphatic rings. The molecule has 0 saturated carbocycles. The number of anilines is 1. The van der Waals surface area contributed by atoms with Crippen LogP contribution in [-0.2, 0) is 10.0 Å². The summed E-state index contributed by atoms with van der Waals surface area (Å²) in [5, 5.41) is 0.122. The molecule has 1 saturated heterocycles. The second-order valence-corrected chi connectivity index (χ2v) is 9.75. The van der Waals surface area contributed by atoms with E-state index in [4.69, 9.17) is 28.9 Å². The zero-order valence-electron chi connectivity index (χ0n) is 11.2. The molecule has 20 heavy (non-hydrogen) atoms. The third kappa shape index (κ3) is 3.20. The van der Waals surface area contributed by atoms with Crippen molar-refractivity contribution >= 4 is 50.7 Å². The Morgan fingerprint density at radius 2 is 1.85 bits per heavy atom. The summed E-state index contributed by atoms with van der Waals surface area (Å²) in [6.45, 7) is 4.92. The lowest BCUT2D eigenvalue weighted by Gasteiger charge is -2.36. The number of hydrogen-bond donors (Lipinski definition) is 1. The molecule has 1 heterocycles. The van der Waals surface area contributed by atoms with Gasteiger partial charge in [-0.3, -0.25) is 0 Å². The van der Waals surface area contributed by atoms with Crippen molar-refractivity contribution in [2.45, 2.75) is 23.5 Å². The molecule has 112 valence electrons. The molecule has 1 aliphatic heterocycles. The van der Waals surface area contributed by atoms with Crippen molar-refractivity contribution in [1.29, 1.82) is 0 Å². The van der Waals surface area contributed by atoms with E-state index in [9.17, 15) is 8.42 Å². The van der Waals surface area contributed by atoms with Crippen molar-refractivity contribution in [3.05, 3.63) is 22.2 Å². The van der Waals surface area contributed by atoms with Crippen LogP contribution in [-0.4, -0.2) is 36.3 Å². The number of thioether (sulfide) groups is 1. The van der Waals surface area contributed by atoms with Crippen molar-refractivity contribution in [3.63, 3.8) is 0 Å². The van der Waals surface area contributed by atoms with Gasteiger partial charge < -0.3 is 5.73 Å². The Morgan fingerprint density at radius 1 is 1.30 bits per heavy atom. The Labute approximate surface area is 133 Å². The van der Waals surface area contributed by atoms with Gasteiger partial charge in [0.15, 0.2) is 0 Å². The van der Waals surface area contributed by atoms with Crippen molar-refractivity contribution in [2.24, 2.45) is 0 Å². The number of nitrogen functional groups attached to an aromatic ring is 1. The molecule has 4 nitrogen and oxygen atoms in total. The van der Waals surface area contributed by atoms with Gasteiger partial charge in [-0.05, 0) is 26.0 Å². The Hall–Kier alpha value is -0.140. The van der Waals surface area contributed by atoms with E-state index in [2.05, 4.69) is 0 Å². The van der Waals surface area contributed by atoms with Gasteiger partial charge in [0.2, 0.25) is 10.0 Å². The Balaban J connectivity index is 2.46. The van der Waals surface area contributed by atoms with Gasteiger partial charge in [-0.2, -0.15) is 16.1 Å². The highest BCUT2D eigenvalue weighted by Crippen LogP contribution is 2.37. The summed E-state index contributed by atoms with van der Waals surface area (Å²) in [5.74, 6) is 0.746. The summed E-state index contributed by atoms with van der Waals surface area (Å²) in [6.07, 6.45) is 0. The first-order valence-corrected chi connectivity index (χ1v) is 9.20. The maximum Gasteiger partial charge on any atom is 0.246 e. The van der Waals surface area contributed by atoms with Gasteiger partial charge in [-0.25, -0.2) is 8.42 Å². The minimum absolute atomic E-state index is 0.0577. The van der Waals surface area contributed by atoms with Crippen LogP contribution >= 0.6 is 35.0 Å². The SMILES string of the molecule is CC1(C)CN(S(=O)(=O)c2c(Cl)cc(N)cc2Cl)CCS1. The van der Waals surface area contributed by atoms with E-state index in [1.165, 1.54) is 16.4 Å². The maximum atomic E-state index is 12.7. The topological polar surface area (TPSA) is 63.4 Å². The first kappa shape index (κ1) is 16.2. The van der Waals surface area contributed by atoms with Crippen LogP contribution in [0, 0.1) is 0 Å². The van der Waals surface area contributed by atoms with Crippen LogP contribution in [0.1, 0.15) is 13.8 Å². The molecule has 0 spiro atoms. The molecule has 0 atom stereocenters. The zero-order valence-corrected chi connectivity index (χ0v) is 14.3. The van der Waals surface area contributed by atoms with Crippen LogP contribution in [0.5, 0.6) is 0 Å². The van der Waals surface area contributed by atoms with E-state index >= 15 is 0 Å². The predicted molar refractivity (Wildman–Crippen MR) is 86.2 cm³/mol. The normalized spacial score (nSPS) is 20.0. The van der Waals surface area contributed by atoms with E-state index in [0.717, 1.165) is 5.75 Å². The molecule has 0 aromatic heterocycles. The molecular weight excluding hydrogens is 339 g/mol. The maximum absolute atomic E-state index is 12.7. The Morgan fingerprint density at radius 3 is 2.35 bits per heavy atom. The number of nitrogens with zero attached hydrogens (tertiary/aromatic N) is 1. The quantitative estimate of drug-likeness (QED) is 0.828. The summed E-state index contributed by atoms with van der Waals surface area (Å²) in [6, 6.07) is 2.81. The fraction of sp³-hybridized carbons (Fsp3) is 0.500. The highest BCUT2D eigenvalue weighted by molar-refractivity contribution is 8.00. The molecular formula is C12H16Cl2N2O2S2. The highest BCUT2D eigenvalue weighted by atomic mass is 35.5. The minimum atomic E-state index is -3.71. The van der Waals surface area contributed by atoms with Crippen LogP contribution in [0.4, 0.5) is 5.69 Å². The third-order valence-electron chi connectivity index (χ3n) is 3.01. The summed E-state index contributed by atoms with van der Waals surface area (Å²) in [4.78, 5) is -0.0577. The second-order valence-electron chi connectivity index (χ2n) is 5.26. The fourth-order valence-electron chi connectivity index (χ4n) is 2.13. The predicted octanol–water partition coefficient (Wildman–Crippen LogP) is 3.09. The molecule has 2 N–H and O–H groups in total. The lowest BCUT2D eigenvalue weighted by Crippen LogP contribution is -2.46. The molecule has 1 aromatic carbocycles. The summed E-state index contributed by atoms with van der Waals surface area (Å²) in [5.41, 5.74) is 5.95. The van der Waals surface area contributed by atoms with E-state index in [0.29, 0.717) is 18.8 Å². The standard InChI is InChI=1S/C12H16Cl2N2O2S2/c1-12(2)7-16(3-4-19-12)20(17,18)11-9(13)5-8(15)6-10(11)14/h5-6H,3-4,7,15H2,1-2H3. The lowest BCUT2D eigenvalue weighted by atomic mass is 10.2. The molecule has 0 amide bonds. The number of nitrogens with two attached hydrogens (primary N) is 1. The number of sulfonamides is 1. The average Bonchev–Trinajstić information content (AvgIpc) is 2.25. The molecule has 2 rings (SSSR count). The van der Waals surface area contributed by atoms with Crippen molar-refractivity contribution in [3.8, 4) is 0 Å². The Kier molecular flexibility index (Phi) is 4.52. The van der Waals surface area contributed by atoms with E-state index in [-0.39, 0.29) is 19.7 Å². The van der Waals surface area contributed by atoms with Crippen LogP contribution in [0.15, 0.2) is 17.0 Å².